The van der Waals surface area contributed by atoms with Gasteiger partial charge in [-0.3, -0.25) is 14.4 Å². The van der Waals surface area contributed by atoms with Gasteiger partial charge in [0.1, 0.15) is 18.1 Å². The molecule has 2 fully saturated rings. The Hall–Kier alpha value is -3.12. The Morgan fingerprint density at radius 2 is 1.68 bits per heavy atom. The summed E-state index contributed by atoms with van der Waals surface area (Å²) in [5.41, 5.74) is 0.697. The molecule has 3 rings (SSSR count). The molecule has 0 aromatic heterocycles. The van der Waals surface area contributed by atoms with E-state index < -0.39 is 35.8 Å². The number of rotatable bonds is 9. The molecular formula is C25H35N5O6S. The third-order valence-corrected chi connectivity index (χ3v) is 7.61. The fraction of sp³-hybridized carbons (Fsp3) is 0.560. The van der Waals surface area contributed by atoms with Crippen LogP contribution in [0.15, 0.2) is 30.3 Å². The molecule has 2 heterocycles. The normalized spacial score (nSPS) is 19.8. The van der Waals surface area contributed by atoms with Gasteiger partial charge in [0.2, 0.25) is 11.8 Å². The first kappa shape index (κ1) is 28.5. The van der Waals surface area contributed by atoms with Crippen LogP contribution in [0.25, 0.3) is 0 Å². The highest BCUT2D eigenvalue weighted by Crippen LogP contribution is 2.24. The average molecular weight is 534 g/mol. The minimum atomic E-state index is -1.64. The van der Waals surface area contributed by atoms with E-state index in [1.54, 1.807) is 35.2 Å². The summed E-state index contributed by atoms with van der Waals surface area (Å²) in [5, 5.41) is 14.7. The predicted molar refractivity (Wildman–Crippen MR) is 139 cm³/mol. The number of hydrogen-bond acceptors (Lipinski definition) is 7. The molecule has 2 saturated heterocycles. The zero-order valence-electron chi connectivity index (χ0n) is 21.4. The highest BCUT2D eigenvalue weighted by atomic mass is 32.2. The Morgan fingerprint density at radius 3 is 2.27 bits per heavy atom. The Kier molecular flexibility index (Phi) is 9.93. The minimum absolute atomic E-state index is 0.0151. The van der Waals surface area contributed by atoms with Gasteiger partial charge in [-0.25, -0.2) is 9.59 Å². The highest BCUT2D eigenvalue weighted by Gasteiger charge is 2.41. The first-order chi connectivity index (χ1) is 17.6. The number of aliphatic carboxylic acids is 1. The van der Waals surface area contributed by atoms with Crippen molar-refractivity contribution in [2.24, 2.45) is 5.92 Å². The highest BCUT2D eigenvalue weighted by molar-refractivity contribution is 7.99. The molecule has 0 saturated carbocycles. The molecule has 202 valence electrons. The Labute approximate surface area is 220 Å². The number of carbonyl (C=O) groups is 5. The summed E-state index contributed by atoms with van der Waals surface area (Å²) < 4.78 is 0. The average Bonchev–Trinajstić information content (AvgIpc) is 3.37. The van der Waals surface area contributed by atoms with Gasteiger partial charge in [-0.15, -0.1) is 11.8 Å². The lowest BCUT2D eigenvalue weighted by Crippen LogP contribution is -2.60. The van der Waals surface area contributed by atoms with Crippen LogP contribution in [0.4, 0.5) is 4.79 Å². The van der Waals surface area contributed by atoms with Crippen LogP contribution < -0.4 is 10.6 Å². The number of nitrogens with zero attached hydrogens (tertiary/aromatic N) is 3. The van der Waals surface area contributed by atoms with E-state index in [2.05, 4.69) is 15.5 Å². The van der Waals surface area contributed by atoms with Gasteiger partial charge >= 0.3 is 12.0 Å². The van der Waals surface area contributed by atoms with Crippen molar-refractivity contribution in [3.8, 4) is 0 Å². The van der Waals surface area contributed by atoms with Crippen molar-refractivity contribution in [3.63, 3.8) is 0 Å². The fourth-order valence-electron chi connectivity index (χ4n) is 4.28. The first-order valence-corrected chi connectivity index (χ1v) is 13.5. The number of nitrogens with one attached hydrogen (secondary N) is 2. The maximum atomic E-state index is 13.5. The van der Waals surface area contributed by atoms with Crippen LogP contribution in [0.3, 0.4) is 0 Å². The molecule has 2 aliphatic heterocycles. The number of ketones is 1. The summed E-state index contributed by atoms with van der Waals surface area (Å²) in [7, 11) is 1.99. The van der Waals surface area contributed by atoms with Gasteiger partial charge < -0.3 is 30.4 Å². The second-order valence-electron chi connectivity index (χ2n) is 9.71. The summed E-state index contributed by atoms with van der Waals surface area (Å²) in [4.78, 5) is 68.6. The number of carboxylic acids is 1. The number of benzene rings is 1. The van der Waals surface area contributed by atoms with Crippen molar-refractivity contribution in [2.75, 3.05) is 44.9 Å². The maximum absolute atomic E-state index is 13.5. The van der Waals surface area contributed by atoms with Gasteiger partial charge in [0.05, 0.1) is 5.88 Å². The van der Waals surface area contributed by atoms with Crippen LogP contribution in [0, 0.1) is 5.92 Å². The number of carbonyl (C=O) groups excluding carboxylic acids is 4. The predicted octanol–water partition coefficient (Wildman–Crippen LogP) is 0.251. The van der Waals surface area contributed by atoms with E-state index in [4.69, 9.17) is 0 Å². The van der Waals surface area contributed by atoms with Crippen molar-refractivity contribution in [3.05, 3.63) is 35.9 Å². The van der Waals surface area contributed by atoms with Crippen LogP contribution in [0.1, 0.15) is 19.4 Å². The van der Waals surface area contributed by atoms with Crippen LogP contribution in [0.5, 0.6) is 0 Å². The van der Waals surface area contributed by atoms with E-state index in [1.165, 1.54) is 16.7 Å². The summed E-state index contributed by atoms with van der Waals surface area (Å²) in [5.74, 6) is -3.41. The molecule has 0 aliphatic carbocycles. The molecule has 12 heteroatoms. The first-order valence-electron chi connectivity index (χ1n) is 12.3. The van der Waals surface area contributed by atoms with Crippen molar-refractivity contribution in [1.82, 2.24) is 25.3 Å². The van der Waals surface area contributed by atoms with Gasteiger partial charge in [0, 0.05) is 38.4 Å². The molecule has 0 spiro atoms. The lowest BCUT2D eigenvalue weighted by Gasteiger charge is -2.35. The monoisotopic (exact) mass is 533 g/mol. The third kappa shape index (κ3) is 7.45. The van der Waals surface area contributed by atoms with E-state index in [0.717, 1.165) is 13.1 Å². The quantitative estimate of drug-likeness (QED) is 0.384. The van der Waals surface area contributed by atoms with Gasteiger partial charge in [-0.2, -0.15) is 0 Å². The number of likely N-dealkylation sites (N-methyl/N-ethyl adjacent to an activating group) is 1. The largest absolute Gasteiger partial charge is 0.475 e. The van der Waals surface area contributed by atoms with E-state index in [0.29, 0.717) is 24.4 Å². The zero-order chi connectivity index (χ0) is 27.1. The molecule has 0 bridgehead atoms. The Balaban J connectivity index is 1.70. The van der Waals surface area contributed by atoms with Crippen LogP contribution in [-0.4, -0.2) is 112 Å². The zero-order valence-corrected chi connectivity index (χ0v) is 22.2. The van der Waals surface area contributed by atoms with Crippen molar-refractivity contribution < 1.29 is 29.1 Å². The number of carboxylic acid groups (broad SMARTS) is 1. The molecule has 11 nitrogen and oxygen atoms in total. The smallest absolute Gasteiger partial charge is 0.374 e. The summed E-state index contributed by atoms with van der Waals surface area (Å²) in [6.07, 6.45) is 0.0151. The maximum Gasteiger partial charge on any atom is 0.374 e. The number of Topliss-reactive ketones (excluding diaryl/α,β-unsaturated/α-hetero) is 1. The number of hydrogen-bond donors (Lipinski definition) is 3. The van der Waals surface area contributed by atoms with Crippen molar-refractivity contribution >= 4 is 41.4 Å². The number of amides is 4. The van der Waals surface area contributed by atoms with Crippen molar-refractivity contribution in [2.45, 2.75) is 38.4 Å². The SMILES string of the molecule is CC(C)[C@H](NC(=O)N1CCN(C)CC1)C(=O)N1CSC[C@H]1C(=O)N[C@@H](Cc1ccccc1)C(=O)C(=O)O. The second-order valence-corrected chi connectivity index (χ2v) is 10.7. The fourth-order valence-corrected chi connectivity index (χ4v) is 5.44. The lowest BCUT2D eigenvalue weighted by atomic mass is 10.0. The van der Waals surface area contributed by atoms with E-state index in [-0.39, 0.29) is 30.2 Å². The summed E-state index contributed by atoms with van der Waals surface area (Å²) >= 11 is 1.38. The number of thioether (sulfide) groups is 1. The molecular weight excluding hydrogens is 498 g/mol. The number of urea groups is 1. The molecule has 3 atom stereocenters. The van der Waals surface area contributed by atoms with Crippen LogP contribution in [0.2, 0.25) is 0 Å². The van der Waals surface area contributed by atoms with Crippen LogP contribution >= 0.6 is 11.8 Å². The number of piperazine rings is 1. The van der Waals surface area contributed by atoms with Gasteiger partial charge in [-0.1, -0.05) is 44.2 Å². The Morgan fingerprint density at radius 1 is 1.03 bits per heavy atom. The molecule has 37 heavy (non-hydrogen) atoms. The molecule has 3 N–H and O–H groups in total. The van der Waals surface area contributed by atoms with Crippen molar-refractivity contribution in [1.29, 1.82) is 0 Å². The molecule has 4 amide bonds. The van der Waals surface area contributed by atoms with E-state index >= 15 is 0 Å². The molecule has 1 aromatic carbocycles. The van der Waals surface area contributed by atoms with Gasteiger partial charge in [0.25, 0.3) is 5.78 Å². The minimum Gasteiger partial charge on any atom is -0.475 e. The molecule has 2 aliphatic rings. The van der Waals surface area contributed by atoms with Gasteiger partial charge in [0.15, 0.2) is 0 Å². The van der Waals surface area contributed by atoms with Crippen LogP contribution in [-0.2, 0) is 25.6 Å². The molecule has 0 unspecified atom stereocenters. The molecule has 1 aromatic rings. The topological polar surface area (TPSA) is 139 Å². The van der Waals surface area contributed by atoms with E-state index in [9.17, 15) is 29.1 Å². The summed E-state index contributed by atoms with van der Waals surface area (Å²) in [6, 6.07) is 5.49. The van der Waals surface area contributed by atoms with Gasteiger partial charge in [-0.05, 0) is 18.5 Å². The third-order valence-electron chi connectivity index (χ3n) is 6.60. The summed E-state index contributed by atoms with van der Waals surface area (Å²) in [6.45, 7) is 6.27. The Bertz CT molecular complexity index is 999. The standard InChI is InChI=1S/C25H35N5O6S/c1-16(2)20(27-25(36)29-11-9-28(3)10-12-29)23(33)30-15-37-14-19(30)22(32)26-18(21(31)24(34)35)13-17-7-5-4-6-8-17/h4-8,16,18-20H,9-15H2,1-3H3,(H,26,32)(H,27,36)(H,34,35)/t18-,19-,20-/m0/s1. The van der Waals surface area contributed by atoms with E-state index in [1.807, 2.05) is 20.9 Å². The lowest BCUT2D eigenvalue weighted by molar-refractivity contribution is -0.150. The second kappa shape index (κ2) is 12.9. The molecule has 0 radical (unpaired) electrons.